The minimum Gasteiger partial charge on any atom is -0.508 e. The van der Waals surface area contributed by atoms with Crippen molar-refractivity contribution in [2.45, 2.75) is 18.9 Å². The Morgan fingerprint density at radius 3 is 2.88 bits per heavy atom. The van der Waals surface area contributed by atoms with E-state index in [0.29, 0.717) is 5.56 Å². The van der Waals surface area contributed by atoms with Gasteiger partial charge in [-0.25, -0.2) is 13.6 Å². The zero-order valence-electron chi connectivity index (χ0n) is 9.04. The number of benzene rings is 1. The summed E-state index contributed by atoms with van der Waals surface area (Å²) in [6.07, 6.45) is -0.869. The average Bonchev–Trinajstić information content (AvgIpc) is 2.26. The highest BCUT2D eigenvalue weighted by Gasteiger charge is 2.46. The maximum Gasteiger partial charge on any atom is 0.408 e. The molecular weight excluding hydrogens is 232 g/mol. The van der Waals surface area contributed by atoms with Crippen LogP contribution in [0.5, 0.6) is 5.75 Å². The van der Waals surface area contributed by atoms with Gasteiger partial charge in [-0.05, 0) is 24.1 Å². The van der Waals surface area contributed by atoms with Gasteiger partial charge in [0.15, 0.2) is 6.61 Å². The van der Waals surface area contributed by atoms with Crippen molar-refractivity contribution >= 4 is 6.09 Å². The fourth-order valence-corrected chi connectivity index (χ4v) is 1.70. The van der Waals surface area contributed by atoms with Crippen LogP contribution in [0.4, 0.5) is 13.6 Å². The van der Waals surface area contributed by atoms with Crippen LogP contribution in [0.1, 0.15) is 17.2 Å². The van der Waals surface area contributed by atoms with E-state index in [9.17, 15) is 18.7 Å². The van der Waals surface area contributed by atoms with Crippen molar-refractivity contribution in [3.05, 3.63) is 29.3 Å². The lowest BCUT2D eigenvalue weighted by Gasteiger charge is -2.32. The van der Waals surface area contributed by atoms with Gasteiger partial charge < -0.3 is 15.2 Å². The predicted octanol–water partition coefficient (Wildman–Crippen LogP) is 2.12. The van der Waals surface area contributed by atoms with Gasteiger partial charge in [0.25, 0.3) is 0 Å². The van der Waals surface area contributed by atoms with Crippen LogP contribution in [0.15, 0.2) is 18.2 Å². The van der Waals surface area contributed by atoms with Crippen molar-refractivity contribution < 1.29 is 23.4 Å². The highest BCUT2D eigenvalue weighted by molar-refractivity contribution is 5.69. The zero-order valence-corrected chi connectivity index (χ0v) is 9.04. The fourth-order valence-electron chi connectivity index (χ4n) is 1.70. The summed E-state index contributed by atoms with van der Waals surface area (Å²) < 4.78 is 31.4. The van der Waals surface area contributed by atoms with E-state index < -0.39 is 24.7 Å². The minimum absolute atomic E-state index is 0.0236. The Bertz CT molecular complexity index is 462. The third-order valence-corrected chi connectivity index (χ3v) is 2.63. The number of aryl methyl sites for hydroxylation is 1. The van der Waals surface area contributed by atoms with E-state index in [0.717, 1.165) is 0 Å². The largest absolute Gasteiger partial charge is 0.508 e. The average molecular weight is 243 g/mol. The van der Waals surface area contributed by atoms with Crippen LogP contribution in [-0.4, -0.2) is 23.7 Å². The number of amides is 1. The molecule has 0 spiro atoms. The monoisotopic (exact) mass is 243 g/mol. The Labute approximate surface area is 96.2 Å². The molecule has 1 aromatic rings. The molecule has 1 aromatic carbocycles. The number of cyclic esters (lactones) is 1. The second-order valence-corrected chi connectivity index (χ2v) is 3.96. The van der Waals surface area contributed by atoms with Crippen LogP contribution in [-0.2, 0) is 4.74 Å². The number of hydrogen-bond acceptors (Lipinski definition) is 3. The number of aromatic hydroxyl groups is 1. The molecule has 0 saturated carbocycles. The summed E-state index contributed by atoms with van der Waals surface area (Å²) in [4.78, 5) is 11.0. The molecular formula is C11H11F2NO3. The SMILES string of the molecule is Cc1cc([C@H]2NC(=O)OCC2(F)F)ccc1O. The van der Waals surface area contributed by atoms with Gasteiger partial charge >= 0.3 is 12.0 Å². The minimum atomic E-state index is -3.17. The van der Waals surface area contributed by atoms with Gasteiger partial charge in [-0.1, -0.05) is 12.1 Å². The third kappa shape index (κ3) is 2.15. The van der Waals surface area contributed by atoms with Gasteiger partial charge in [-0.3, -0.25) is 0 Å². The normalized spacial score (nSPS) is 22.8. The molecule has 2 rings (SSSR count). The van der Waals surface area contributed by atoms with Crippen molar-refractivity contribution in [2.75, 3.05) is 6.61 Å². The topological polar surface area (TPSA) is 58.6 Å². The van der Waals surface area contributed by atoms with Gasteiger partial charge in [-0.15, -0.1) is 0 Å². The molecule has 17 heavy (non-hydrogen) atoms. The van der Waals surface area contributed by atoms with E-state index in [4.69, 9.17) is 0 Å². The second kappa shape index (κ2) is 3.87. The first kappa shape index (κ1) is 11.6. The number of ether oxygens (including phenoxy) is 1. The molecule has 1 aliphatic heterocycles. The van der Waals surface area contributed by atoms with Gasteiger partial charge in [0, 0.05) is 0 Å². The van der Waals surface area contributed by atoms with E-state index in [1.54, 1.807) is 6.92 Å². The smallest absolute Gasteiger partial charge is 0.408 e. The van der Waals surface area contributed by atoms with Gasteiger partial charge in [0.1, 0.15) is 11.8 Å². The highest BCUT2D eigenvalue weighted by atomic mass is 19.3. The maximum atomic E-state index is 13.6. The Morgan fingerprint density at radius 2 is 2.24 bits per heavy atom. The van der Waals surface area contributed by atoms with Crippen LogP contribution in [0.25, 0.3) is 0 Å². The Kier molecular flexibility index (Phi) is 2.65. The molecule has 1 atom stereocenters. The fraction of sp³-hybridized carbons (Fsp3) is 0.364. The summed E-state index contributed by atoms with van der Waals surface area (Å²) in [5.41, 5.74) is 0.709. The Balaban J connectivity index is 2.36. The molecule has 0 bridgehead atoms. The van der Waals surface area contributed by atoms with Crippen molar-refractivity contribution in [2.24, 2.45) is 0 Å². The molecule has 2 N–H and O–H groups in total. The number of carbonyl (C=O) groups is 1. The Morgan fingerprint density at radius 1 is 1.53 bits per heavy atom. The van der Waals surface area contributed by atoms with E-state index in [2.05, 4.69) is 10.1 Å². The van der Waals surface area contributed by atoms with Crippen LogP contribution >= 0.6 is 0 Å². The molecule has 6 heteroatoms. The van der Waals surface area contributed by atoms with Gasteiger partial charge in [-0.2, -0.15) is 0 Å². The number of halogens is 2. The standard InChI is InChI=1S/C11H11F2NO3/c1-6-4-7(2-3-8(6)15)9-11(12,13)5-17-10(16)14-9/h2-4,9,15H,5H2,1H3,(H,14,16)/t9-/m1/s1. The first-order valence-electron chi connectivity index (χ1n) is 5.01. The molecule has 1 saturated heterocycles. The van der Waals surface area contributed by atoms with Crippen molar-refractivity contribution in [1.82, 2.24) is 5.32 Å². The number of phenols is 1. The van der Waals surface area contributed by atoms with Gasteiger partial charge in [0.05, 0.1) is 0 Å². The molecule has 4 nitrogen and oxygen atoms in total. The summed E-state index contributed by atoms with van der Waals surface area (Å²) in [5, 5.41) is 11.4. The first-order chi connectivity index (χ1) is 7.90. The molecule has 1 aliphatic rings. The molecule has 1 fully saturated rings. The zero-order chi connectivity index (χ0) is 12.6. The number of carbonyl (C=O) groups excluding carboxylic acids is 1. The third-order valence-electron chi connectivity index (χ3n) is 2.63. The summed E-state index contributed by atoms with van der Waals surface area (Å²) >= 11 is 0. The van der Waals surface area contributed by atoms with Crippen LogP contribution in [0.2, 0.25) is 0 Å². The Hall–Kier alpha value is -1.85. The summed E-state index contributed by atoms with van der Waals surface area (Å²) in [5.74, 6) is -3.15. The summed E-state index contributed by atoms with van der Waals surface area (Å²) in [7, 11) is 0. The van der Waals surface area contributed by atoms with Crippen molar-refractivity contribution in [3.63, 3.8) is 0 Å². The molecule has 0 unspecified atom stereocenters. The first-order valence-corrected chi connectivity index (χ1v) is 5.01. The number of phenolic OH excluding ortho intramolecular Hbond substituents is 1. The maximum absolute atomic E-state index is 13.6. The molecule has 0 radical (unpaired) electrons. The summed E-state index contributed by atoms with van der Waals surface area (Å²) in [6.45, 7) is 0.654. The molecule has 92 valence electrons. The number of alkyl halides is 2. The number of nitrogens with one attached hydrogen (secondary N) is 1. The lowest BCUT2D eigenvalue weighted by atomic mass is 9.98. The number of rotatable bonds is 1. The lowest BCUT2D eigenvalue weighted by molar-refractivity contribution is -0.104. The second-order valence-electron chi connectivity index (χ2n) is 3.96. The number of hydrogen-bond donors (Lipinski definition) is 2. The molecule has 0 aromatic heterocycles. The van der Waals surface area contributed by atoms with E-state index in [1.807, 2.05) is 0 Å². The quantitative estimate of drug-likeness (QED) is 0.794. The summed E-state index contributed by atoms with van der Waals surface area (Å²) in [6, 6.07) is 2.66. The predicted molar refractivity (Wildman–Crippen MR) is 55.0 cm³/mol. The van der Waals surface area contributed by atoms with Crippen LogP contribution in [0, 0.1) is 6.92 Å². The van der Waals surface area contributed by atoms with E-state index in [-0.39, 0.29) is 11.3 Å². The lowest BCUT2D eigenvalue weighted by Crippen LogP contribution is -2.49. The van der Waals surface area contributed by atoms with Crippen molar-refractivity contribution in [3.8, 4) is 5.75 Å². The number of alkyl carbamates (subject to hydrolysis) is 1. The van der Waals surface area contributed by atoms with Gasteiger partial charge in [0.2, 0.25) is 0 Å². The molecule has 1 heterocycles. The molecule has 0 aliphatic carbocycles. The highest BCUT2D eigenvalue weighted by Crippen LogP contribution is 2.35. The van der Waals surface area contributed by atoms with Crippen molar-refractivity contribution in [1.29, 1.82) is 0 Å². The van der Waals surface area contributed by atoms with Crippen LogP contribution < -0.4 is 5.32 Å². The molecule has 1 amide bonds. The van der Waals surface area contributed by atoms with E-state index in [1.165, 1.54) is 18.2 Å². The van der Waals surface area contributed by atoms with Crippen LogP contribution in [0.3, 0.4) is 0 Å². The van der Waals surface area contributed by atoms with E-state index >= 15 is 0 Å².